The normalized spacial score (nSPS) is 7.33. The van der Waals surface area contributed by atoms with Crippen molar-refractivity contribution in [3.8, 4) is 0 Å². The van der Waals surface area contributed by atoms with Gasteiger partial charge in [-0.25, -0.2) is 20.5 Å². The molecule has 88 valence electrons. The van der Waals surface area contributed by atoms with Crippen molar-refractivity contribution in [3.05, 3.63) is 16.8 Å². The number of halogens is 1. The maximum absolute atomic E-state index is 9.90. The average Bonchev–Trinajstić information content (AvgIpc) is 2.58. The van der Waals surface area contributed by atoms with E-state index < -0.39 is 6.03 Å². The molecule has 0 aliphatic heterocycles. The van der Waals surface area contributed by atoms with Crippen LogP contribution >= 0.6 is 11.8 Å². The Bertz CT molecular complexity index is 310. The van der Waals surface area contributed by atoms with Crippen LogP contribution in [-0.4, -0.2) is 37.3 Å². The lowest BCUT2D eigenvalue weighted by Gasteiger charge is -1.96. The molecule has 0 aliphatic rings. The first-order chi connectivity index (χ1) is 6.95. The van der Waals surface area contributed by atoms with E-state index in [2.05, 4.69) is 26.8 Å². The number of nitrogens with two attached hydrogens (primary N) is 2. The number of H-pyrrole nitrogens is 2. The number of hydrazine groups is 1. The number of primary amides is 1. The molecule has 0 aliphatic carbocycles. The lowest BCUT2D eigenvalue weighted by atomic mass is 11.2. The van der Waals surface area contributed by atoms with Crippen molar-refractivity contribution < 1.29 is 16.1 Å². The highest BCUT2D eigenvalue weighted by Gasteiger charge is 1.93. The third-order valence-corrected chi connectivity index (χ3v) is 0.803. The van der Waals surface area contributed by atoms with Crippen LogP contribution in [0.1, 0.15) is 1.43 Å². The summed E-state index contributed by atoms with van der Waals surface area (Å²) in [6, 6.07) is -0.864. The lowest BCUT2D eigenvalue weighted by molar-refractivity contribution is -0.122. The van der Waals surface area contributed by atoms with E-state index in [9.17, 15) is 9.59 Å². The number of rotatable bonds is 0. The summed E-state index contributed by atoms with van der Waals surface area (Å²) in [6.45, 7) is -0.250. The zero-order valence-electron chi connectivity index (χ0n) is 7.25. The molecule has 0 spiro atoms. The predicted molar refractivity (Wildman–Crippen MR) is 51.5 cm³/mol. The molecule has 0 aromatic carbocycles. The Morgan fingerprint density at radius 1 is 1.80 bits per heavy atom. The molecule has 0 unspecified atom stereocenters. The van der Waals surface area contributed by atoms with E-state index in [0.717, 1.165) is 0 Å². The summed E-state index contributed by atoms with van der Waals surface area (Å²) in [5, 5.41) is 12.4. The molecule has 0 saturated carbocycles. The van der Waals surface area contributed by atoms with E-state index in [-0.39, 0.29) is 18.1 Å². The Hall–Kier alpha value is -2.07. The first-order valence-electron chi connectivity index (χ1n) is 3.11. The van der Waals surface area contributed by atoms with Crippen molar-refractivity contribution in [3.63, 3.8) is 0 Å². The highest BCUT2D eigenvalue weighted by molar-refractivity contribution is 6.20. The van der Waals surface area contributed by atoms with E-state index in [0.29, 0.717) is 0 Å². The second kappa shape index (κ2) is 10.0. The minimum absolute atomic E-state index is 0. The van der Waals surface area contributed by atoms with Crippen LogP contribution in [0.4, 0.5) is 4.79 Å². The molecule has 1 aromatic rings. The quantitative estimate of drug-likeness (QED) is 0.121. The third-order valence-electron chi connectivity index (χ3n) is 0.637. The second-order valence-corrected chi connectivity index (χ2v) is 1.96. The van der Waals surface area contributed by atoms with Crippen LogP contribution in [0.15, 0.2) is 11.1 Å². The van der Waals surface area contributed by atoms with Crippen molar-refractivity contribution in [1.82, 2.24) is 19.7 Å². The van der Waals surface area contributed by atoms with Crippen LogP contribution in [0.25, 0.3) is 0 Å². The summed E-state index contributed by atoms with van der Waals surface area (Å²) in [4.78, 5) is 30.1. The molecular formula is C4H11ClN6O4. The van der Waals surface area contributed by atoms with Crippen LogP contribution in [-0.2, 0) is 4.79 Å². The summed E-state index contributed by atoms with van der Waals surface area (Å²) in [7, 11) is 0. The van der Waals surface area contributed by atoms with Gasteiger partial charge in [-0.1, -0.05) is 0 Å². The smallest absolute Gasteiger partial charge is 0.344 e. The van der Waals surface area contributed by atoms with E-state index >= 15 is 0 Å². The van der Waals surface area contributed by atoms with Gasteiger partial charge in [0.25, 0.3) is 6.47 Å². The Balaban J connectivity index is -0.000000163. The van der Waals surface area contributed by atoms with Crippen LogP contribution in [0.3, 0.4) is 0 Å². The standard InChI is InChI=1S/C2H3N3O.CH4ClN3O.CH2O2.H2/c6-2-3-1-4-5-2;2-5(4)1(3)6;2-1-3;/h1H,(H2,3,4,5,6);4H2,(H2,3,6);1H,(H,2,3);1H/i;;;1+1. The molecule has 15 heavy (non-hydrogen) atoms. The third kappa shape index (κ3) is 14.8. The largest absolute Gasteiger partial charge is 0.483 e. The zero-order valence-corrected chi connectivity index (χ0v) is 8.01. The van der Waals surface area contributed by atoms with Gasteiger partial charge < -0.3 is 10.8 Å². The van der Waals surface area contributed by atoms with Gasteiger partial charge in [0.2, 0.25) is 0 Å². The Labute approximate surface area is 89.4 Å². The summed E-state index contributed by atoms with van der Waals surface area (Å²) >= 11 is 4.75. The number of carbonyl (C=O) groups is 2. The van der Waals surface area contributed by atoms with Gasteiger partial charge >= 0.3 is 11.7 Å². The maximum atomic E-state index is 9.90. The fourth-order valence-electron chi connectivity index (χ4n) is 0.214. The molecule has 0 bridgehead atoms. The fraction of sp³-hybridized carbons (Fsp3) is 0. The lowest BCUT2D eigenvalue weighted by Crippen LogP contribution is -2.32. The monoisotopic (exact) mass is 243 g/mol. The summed E-state index contributed by atoms with van der Waals surface area (Å²) in [5.41, 5.74) is 4.20. The number of urea groups is 1. The highest BCUT2D eigenvalue weighted by Crippen LogP contribution is 1.76. The van der Waals surface area contributed by atoms with E-state index in [1.54, 1.807) is 0 Å². The average molecular weight is 244 g/mol. The van der Waals surface area contributed by atoms with Gasteiger partial charge in [-0.15, -0.1) is 0 Å². The number of amides is 2. The Morgan fingerprint density at radius 3 is 2.27 bits per heavy atom. The van der Waals surface area contributed by atoms with Crippen molar-refractivity contribution in [2.45, 2.75) is 0 Å². The number of carbonyl (C=O) groups excluding carboxylic acids is 1. The van der Waals surface area contributed by atoms with Crippen LogP contribution in [0.5, 0.6) is 0 Å². The van der Waals surface area contributed by atoms with Gasteiger partial charge in [0.1, 0.15) is 6.33 Å². The molecular weight excluding hydrogens is 232 g/mol. The molecule has 0 fully saturated rings. The number of nitrogens with one attached hydrogen (secondary N) is 2. The number of hydrogen-bond donors (Lipinski definition) is 5. The van der Waals surface area contributed by atoms with Crippen molar-refractivity contribution in [2.75, 3.05) is 0 Å². The summed E-state index contributed by atoms with van der Waals surface area (Å²) in [5.74, 6) is 4.56. The number of aromatic nitrogens is 3. The zero-order chi connectivity index (χ0) is 12.3. The predicted octanol–water partition coefficient (Wildman–Crippen LogP) is -1.56. The molecule has 1 heterocycles. The van der Waals surface area contributed by atoms with Crippen LogP contribution in [0.2, 0.25) is 0 Å². The molecule has 10 nitrogen and oxygen atoms in total. The SMILES string of the molecule is NC(=O)N(N)Cl.O=CO.O=c1[nH]cn[nH]1.[2HH]. The van der Waals surface area contributed by atoms with Crippen molar-refractivity contribution in [2.24, 2.45) is 11.6 Å². The van der Waals surface area contributed by atoms with E-state index in [1.807, 2.05) is 0 Å². The van der Waals surface area contributed by atoms with Gasteiger partial charge in [0.05, 0.1) is 0 Å². The molecule has 2 amide bonds. The van der Waals surface area contributed by atoms with E-state index in [4.69, 9.17) is 21.7 Å². The molecule has 11 heteroatoms. The molecule has 7 N–H and O–H groups in total. The molecule has 0 saturated heterocycles. The fourth-order valence-corrected chi connectivity index (χ4v) is 0.214. The number of carboxylic acid groups (broad SMARTS) is 1. The van der Waals surface area contributed by atoms with Crippen molar-refractivity contribution >= 4 is 24.3 Å². The first kappa shape index (κ1) is 15.4. The topological polar surface area (TPSA) is 171 Å². The Kier molecular flexibility index (Phi) is 10.3. The summed E-state index contributed by atoms with van der Waals surface area (Å²) in [6.07, 6.45) is 1.29. The maximum Gasteiger partial charge on any atom is 0.344 e. The highest BCUT2D eigenvalue weighted by atomic mass is 35.5. The van der Waals surface area contributed by atoms with Gasteiger partial charge in [-0.2, -0.15) is 9.63 Å². The van der Waals surface area contributed by atoms with Crippen LogP contribution < -0.4 is 17.3 Å². The molecule has 0 radical (unpaired) electrons. The number of hydrogen-bond acceptors (Lipinski definition) is 5. The van der Waals surface area contributed by atoms with Crippen LogP contribution in [0, 0.1) is 0 Å². The summed E-state index contributed by atoms with van der Waals surface area (Å²) < 4.78 is 0.278. The Morgan fingerprint density at radius 2 is 2.20 bits per heavy atom. The molecule has 0 atom stereocenters. The number of aromatic amines is 2. The van der Waals surface area contributed by atoms with Gasteiger partial charge in [-0.05, 0) is 0 Å². The molecule has 1 rings (SSSR count). The first-order valence-corrected chi connectivity index (χ1v) is 3.45. The van der Waals surface area contributed by atoms with Gasteiger partial charge in [0.15, 0.2) is 0 Å². The number of nitrogens with zero attached hydrogens (tertiary/aromatic N) is 2. The van der Waals surface area contributed by atoms with Gasteiger partial charge in [-0.3, -0.25) is 9.78 Å². The minimum atomic E-state index is -0.864. The van der Waals surface area contributed by atoms with E-state index in [1.165, 1.54) is 6.33 Å². The second-order valence-electron chi connectivity index (χ2n) is 1.60. The minimum Gasteiger partial charge on any atom is -0.483 e. The van der Waals surface area contributed by atoms with Gasteiger partial charge in [0, 0.05) is 13.2 Å². The van der Waals surface area contributed by atoms with Crippen molar-refractivity contribution in [1.29, 1.82) is 0 Å². The molecule has 1 aromatic heterocycles.